The van der Waals surface area contributed by atoms with Gasteiger partial charge in [0.25, 0.3) is 5.89 Å². The molecule has 0 bridgehead atoms. The fourth-order valence-corrected chi connectivity index (χ4v) is 3.53. The van der Waals surface area contributed by atoms with Crippen molar-refractivity contribution in [2.75, 3.05) is 13.2 Å². The smallest absolute Gasteiger partial charge is 0.437 e. The molecule has 2 fully saturated rings. The molecule has 128 valence electrons. The Balaban J connectivity index is 1.50. The Kier molecular flexibility index (Phi) is 3.97. The highest BCUT2D eigenvalue weighted by Gasteiger charge is 2.36. The number of nitrogens with zero attached hydrogens (tertiary/aromatic N) is 3. The van der Waals surface area contributed by atoms with E-state index >= 15 is 0 Å². The number of aromatic nitrogens is 2. The molecule has 8 nitrogen and oxygen atoms in total. The first-order valence-corrected chi connectivity index (χ1v) is 8.25. The quantitative estimate of drug-likeness (QED) is 0.840. The van der Waals surface area contributed by atoms with Gasteiger partial charge in [-0.25, -0.2) is 4.79 Å². The van der Waals surface area contributed by atoms with Gasteiger partial charge in [-0.05, 0) is 25.0 Å². The number of hydrogen-bond donors (Lipinski definition) is 0. The number of fused-ring (bicyclic) bond motifs is 1. The maximum absolute atomic E-state index is 12.7. The van der Waals surface area contributed by atoms with Crippen molar-refractivity contribution >= 4 is 5.91 Å². The third-order valence-electron chi connectivity index (χ3n) is 4.68. The zero-order valence-electron chi connectivity index (χ0n) is 13.2. The lowest BCUT2D eigenvalue weighted by Crippen LogP contribution is -2.55. The Morgan fingerprint density at radius 2 is 2.21 bits per heavy atom. The number of furan rings is 1. The van der Waals surface area contributed by atoms with Crippen LogP contribution in [-0.2, 0) is 16.1 Å². The van der Waals surface area contributed by atoms with E-state index in [0.717, 1.165) is 30.4 Å². The van der Waals surface area contributed by atoms with Gasteiger partial charge in [-0.1, -0.05) is 12.8 Å². The van der Waals surface area contributed by atoms with E-state index in [9.17, 15) is 9.59 Å². The van der Waals surface area contributed by atoms with Crippen LogP contribution in [0.2, 0.25) is 0 Å². The molecule has 4 rings (SSSR count). The van der Waals surface area contributed by atoms with Crippen LogP contribution in [0.25, 0.3) is 11.7 Å². The minimum atomic E-state index is -0.664. The molecule has 0 spiro atoms. The third kappa shape index (κ3) is 2.77. The number of ether oxygens (including phenoxy) is 1. The van der Waals surface area contributed by atoms with Crippen molar-refractivity contribution in [1.82, 2.24) is 14.7 Å². The second-order valence-electron chi connectivity index (χ2n) is 6.16. The van der Waals surface area contributed by atoms with Crippen LogP contribution in [0, 0.1) is 0 Å². The SMILES string of the molecule is O=C(Cn1nc(-c2ccco2)oc1=O)N1CCOC2CCCCC21. The first-order valence-electron chi connectivity index (χ1n) is 8.25. The molecule has 1 saturated heterocycles. The van der Waals surface area contributed by atoms with E-state index in [1.807, 2.05) is 4.90 Å². The Bertz CT molecular complexity index is 761. The highest BCUT2D eigenvalue weighted by Crippen LogP contribution is 2.28. The fraction of sp³-hybridized carbons (Fsp3) is 0.562. The number of morpholine rings is 1. The fourth-order valence-electron chi connectivity index (χ4n) is 3.53. The number of amides is 1. The van der Waals surface area contributed by atoms with Crippen LogP contribution in [0.3, 0.4) is 0 Å². The van der Waals surface area contributed by atoms with Gasteiger partial charge in [0.05, 0.1) is 25.0 Å². The van der Waals surface area contributed by atoms with Gasteiger partial charge in [0.1, 0.15) is 6.54 Å². The molecule has 0 aromatic carbocycles. The van der Waals surface area contributed by atoms with Crippen molar-refractivity contribution in [1.29, 1.82) is 0 Å². The molecule has 24 heavy (non-hydrogen) atoms. The third-order valence-corrected chi connectivity index (χ3v) is 4.68. The van der Waals surface area contributed by atoms with Gasteiger partial charge >= 0.3 is 5.76 Å². The molecule has 2 aliphatic rings. The van der Waals surface area contributed by atoms with Gasteiger partial charge < -0.3 is 18.5 Å². The molecular formula is C16H19N3O5. The summed E-state index contributed by atoms with van der Waals surface area (Å²) in [6, 6.07) is 3.43. The maximum Gasteiger partial charge on any atom is 0.437 e. The number of rotatable bonds is 3. The second-order valence-corrected chi connectivity index (χ2v) is 6.16. The van der Waals surface area contributed by atoms with Crippen molar-refractivity contribution < 1.29 is 18.4 Å². The zero-order chi connectivity index (χ0) is 16.5. The monoisotopic (exact) mass is 333 g/mol. The van der Waals surface area contributed by atoms with Crippen LogP contribution in [0.4, 0.5) is 0 Å². The number of carbonyl (C=O) groups excluding carboxylic acids is 1. The molecule has 3 heterocycles. The van der Waals surface area contributed by atoms with E-state index in [2.05, 4.69) is 5.10 Å². The molecular weight excluding hydrogens is 314 g/mol. The molecule has 0 N–H and O–H groups in total. The second kappa shape index (κ2) is 6.27. The zero-order valence-corrected chi connectivity index (χ0v) is 13.2. The van der Waals surface area contributed by atoms with Gasteiger partial charge in [0.15, 0.2) is 5.76 Å². The molecule has 1 saturated carbocycles. The lowest BCUT2D eigenvalue weighted by Gasteiger charge is -2.43. The Morgan fingerprint density at radius 1 is 1.33 bits per heavy atom. The first-order chi connectivity index (χ1) is 11.7. The van der Waals surface area contributed by atoms with E-state index in [1.54, 1.807) is 12.1 Å². The molecule has 2 unspecified atom stereocenters. The van der Waals surface area contributed by atoms with Crippen LogP contribution in [0.15, 0.2) is 32.0 Å². The van der Waals surface area contributed by atoms with Crippen LogP contribution in [0.1, 0.15) is 25.7 Å². The van der Waals surface area contributed by atoms with Crippen LogP contribution >= 0.6 is 0 Å². The molecule has 0 radical (unpaired) electrons. The van der Waals surface area contributed by atoms with Crippen LogP contribution < -0.4 is 5.76 Å². The predicted molar refractivity (Wildman–Crippen MR) is 82.2 cm³/mol. The molecule has 2 aromatic heterocycles. The number of hydrogen-bond acceptors (Lipinski definition) is 6. The summed E-state index contributed by atoms with van der Waals surface area (Å²) in [5.41, 5.74) is 0. The largest absolute Gasteiger partial charge is 0.459 e. The summed E-state index contributed by atoms with van der Waals surface area (Å²) in [4.78, 5) is 26.4. The van der Waals surface area contributed by atoms with E-state index in [0.29, 0.717) is 18.9 Å². The normalized spacial score (nSPS) is 23.9. The average molecular weight is 333 g/mol. The molecule has 1 aliphatic carbocycles. The summed E-state index contributed by atoms with van der Waals surface area (Å²) in [5.74, 6) is -0.355. The predicted octanol–water partition coefficient (Wildman–Crippen LogP) is 1.27. The maximum atomic E-state index is 12.7. The van der Waals surface area contributed by atoms with Crippen molar-refractivity contribution in [2.45, 2.75) is 44.4 Å². The van der Waals surface area contributed by atoms with Gasteiger partial charge in [-0.2, -0.15) is 4.68 Å². The van der Waals surface area contributed by atoms with Crippen molar-refractivity contribution in [2.24, 2.45) is 0 Å². The van der Waals surface area contributed by atoms with Gasteiger partial charge in [-0.3, -0.25) is 4.79 Å². The molecule has 2 atom stereocenters. The average Bonchev–Trinajstić information content (AvgIpc) is 3.25. The van der Waals surface area contributed by atoms with E-state index in [1.165, 1.54) is 6.26 Å². The van der Waals surface area contributed by atoms with Crippen LogP contribution in [0.5, 0.6) is 0 Å². The van der Waals surface area contributed by atoms with Crippen molar-refractivity contribution in [3.63, 3.8) is 0 Å². The standard InChI is InChI=1S/C16H19N3O5/c20-14(18-7-9-23-12-5-2-1-4-11(12)18)10-19-16(21)24-15(17-19)13-6-3-8-22-13/h3,6,8,11-12H,1-2,4-5,7,9-10H2. The minimum absolute atomic E-state index is 0.0790. The lowest BCUT2D eigenvalue weighted by molar-refractivity contribution is -0.150. The first kappa shape index (κ1) is 15.2. The van der Waals surface area contributed by atoms with Crippen LogP contribution in [-0.4, -0.2) is 45.9 Å². The Morgan fingerprint density at radius 3 is 3.04 bits per heavy atom. The molecule has 2 aromatic rings. The summed E-state index contributed by atoms with van der Waals surface area (Å²) in [5, 5.41) is 4.06. The number of carbonyl (C=O) groups is 1. The lowest BCUT2D eigenvalue weighted by atomic mass is 9.90. The van der Waals surface area contributed by atoms with Gasteiger partial charge in [0, 0.05) is 6.54 Å². The summed E-state index contributed by atoms with van der Waals surface area (Å²) in [7, 11) is 0. The van der Waals surface area contributed by atoms with Crippen molar-refractivity contribution in [3.8, 4) is 11.7 Å². The summed E-state index contributed by atoms with van der Waals surface area (Å²) in [6.45, 7) is 0.960. The van der Waals surface area contributed by atoms with Crippen molar-refractivity contribution in [3.05, 3.63) is 28.9 Å². The Labute approximate surface area is 138 Å². The topological polar surface area (TPSA) is 90.7 Å². The minimum Gasteiger partial charge on any atom is -0.459 e. The highest BCUT2D eigenvalue weighted by molar-refractivity contribution is 5.76. The van der Waals surface area contributed by atoms with E-state index in [4.69, 9.17) is 13.6 Å². The summed E-state index contributed by atoms with van der Waals surface area (Å²) < 4.78 is 17.0. The van der Waals surface area contributed by atoms with Gasteiger partial charge in [0.2, 0.25) is 5.91 Å². The highest BCUT2D eigenvalue weighted by atomic mass is 16.5. The van der Waals surface area contributed by atoms with Gasteiger partial charge in [-0.15, -0.1) is 5.10 Å². The Hall–Kier alpha value is -2.35. The van der Waals surface area contributed by atoms with E-state index in [-0.39, 0.29) is 30.5 Å². The molecule has 1 amide bonds. The summed E-state index contributed by atoms with van der Waals surface area (Å²) >= 11 is 0. The molecule has 8 heteroatoms. The summed E-state index contributed by atoms with van der Waals surface area (Å²) in [6.07, 6.45) is 5.75. The van der Waals surface area contributed by atoms with E-state index < -0.39 is 5.76 Å². The molecule has 1 aliphatic heterocycles.